The first-order valence-corrected chi connectivity index (χ1v) is 5.28. The number of nitrogens with zero attached hydrogens (tertiary/aromatic N) is 2. The molecule has 0 bridgehead atoms. The van der Waals surface area contributed by atoms with E-state index < -0.39 is 0 Å². The summed E-state index contributed by atoms with van der Waals surface area (Å²) in [5.41, 5.74) is -0.300. The van der Waals surface area contributed by atoms with Gasteiger partial charge < -0.3 is 4.74 Å². The van der Waals surface area contributed by atoms with Crippen molar-refractivity contribution in [2.75, 3.05) is 7.11 Å². The van der Waals surface area contributed by atoms with Gasteiger partial charge in [-0.15, -0.1) is 0 Å². The van der Waals surface area contributed by atoms with Gasteiger partial charge >= 0.3 is 0 Å². The molecule has 1 aliphatic rings. The summed E-state index contributed by atoms with van der Waals surface area (Å²) in [5.74, 6) is 0. The molecule has 0 N–H and O–H groups in total. The zero-order valence-electron chi connectivity index (χ0n) is 10.6. The van der Waals surface area contributed by atoms with Crippen LogP contribution in [0.25, 0.3) is 0 Å². The van der Waals surface area contributed by atoms with Crippen LogP contribution in [0.5, 0.6) is 0 Å². The molecule has 0 radical (unpaired) electrons. The second-order valence-electron chi connectivity index (χ2n) is 5.19. The van der Waals surface area contributed by atoms with E-state index >= 15 is 0 Å². The molecule has 3 heteroatoms. The molecule has 0 amide bonds. The van der Waals surface area contributed by atoms with Crippen molar-refractivity contribution in [1.82, 2.24) is 10.0 Å². The molecule has 0 spiro atoms. The molecule has 0 atom stereocenters. The predicted octanol–water partition coefficient (Wildman–Crippen LogP) is 2.73. The minimum atomic E-state index is -0.339. The van der Waals surface area contributed by atoms with E-state index in [1.54, 1.807) is 7.11 Å². The van der Waals surface area contributed by atoms with Crippen molar-refractivity contribution in [2.24, 2.45) is 0 Å². The highest BCUT2D eigenvalue weighted by molar-refractivity contribution is 5.09. The number of allylic oxidation sites excluding steroid dienone is 2. The quantitative estimate of drug-likeness (QED) is 0.697. The van der Waals surface area contributed by atoms with Crippen molar-refractivity contribution in [3.63, 3.8) is 0 Å². The van der Waals surface area contributed by atoms with Gasteiger partial charge in [0.05, 0.1) is 5.54 Å². The minimum absolute atomic E-state index is 0.0388. The van der Waals surface area contributed by atoms with Gasteiger partial charge in [-0.25, -0.2) is 0 Å². The van der Waals surface area contributed by atoms with E-state index in [0.29, 0.717) is 0 Å². The molecular weight excluding hydrogens is 188 g/mol. The molecule has 0 unspecified atom stereocenters. The molecule has 0 aliphatic carbocycles. The van der Waals surface area contributed by atoms with Crippen LogP contribution in [0, 0.1) is 0 Å². The van der Waals surface area contributed by atoms with Crippen LogP contribution < -0.4 is 0 Å². The Morgan fingerprint density at radius 3 is 1.73 bits per heavy atom. The molecule has 86 valence electrons. The maximum absolute atomic E-state index is 5.50. The molecule has 0 aromatic heterocycles. The van der Waals surface area contributed by atoms with E-state index in [-0.39, 0.29) is 11.3 Å². The molecule has 0 aromatic carbocycles. The van der Waals surface area contributed by atoms with E-state index in [1.807, 2.05) is 18.4 Å². The second-order valence-corrected chi connectivity index (χ2v) is 5.19. The van der Waals surface area contributed by atoms with Gasteiger partial charge in [0.1, 0.15) is 0 Å². The van der Waals surface area contributed by atoms with Crippen LogP contribution in [0.2, 0.25) is 0 Å². The van der Waals surface area contributed by atoms with Gasteiger partial charge in [0.25, 0.3) is 0 Å². The normalized spacial score (nSPS) is 17.5. The summed E-state index contributed by atoms with van der Waals surface area (Å²) in [6.07, 6.45) is 8.16. The number of rotatable bonds is 2. The minimum Gasteiger partial charge on any atom is -0.358 e. The number of hydrogen-bond donors (Lipinski definition) is 0. The van der Waals surface area contributed by atoms with Crippen molar-refractivity contribution >= 4 is 0 Å². The van der Waals surface area contributed by atoms with Crippen LogP contribution in [0.4, 0.5) is 0 Å². The number of hydrogen-bond acceptors (Lipinski definition) is 3. The number of ether oxygens (including phenoxy) is 1. The highest BCUT2D eigenvalue weighted by atomic mass is 16.5. The topological polar surface area (TPSA) is 15.7 Å². The maximum atomic E-state index is 5.50. The summed E-state index contributed by atoms with van der Waals surface area (Å²) in [6, 6.07) is 0. The Hall–Kier alpha value is -0.960. The molecule has 1 aliphatic heterocycles. The van der Waals surface area contributed by atoms with Gasteiger partial charge in [-0.1, -0.05) is 0 Å². The highest BCUT2D eigenvalue weighted by Gasteiger charge is 2.33. The largest absolute Gasteiger partial charge is 0.358 e. The SMILES string of the molecule is COC(C)(C)N1C=CC=CN1C(C)(C)C. The van der Waals surface area contributed by atoms with Crippen molar-refractivity contribution in [3.05, 3.63) is 24.6 Å². The first-order valence-electron chi connectivity index (χ1n) is 5.28. The Morgan fingerprint density at radius 2 is 1.33 bits per heavy atom. The zero-order chi connectivity index (χ0) is 11.7. The molecule has 0 fully saturated rings. The van der Waals surface area contributed by atoms with Crippen LogP contribution in [0.15, 0.2) is 24.6 Å². The van der Waals surface area contributed by atoms with Crippen molar-refractivity contribution in [2.45, 2.75) is 45.9 Å². The molecule has 15 heavy (non-hydrogen) atoms. The van der Waals surface area contributed by atoms with Crippen LogP contribution in [0.3, 0.4) is 0 Å². The zero-order valence-corrected chi connectivity index (χ0v) is 10.6. The third-order valence-corrected chi connectivity index (χ3v) is 2.54. The third-order valence-electron chi connectivity index (χ3n) is 2.54. The van der Waals surface area contributed by atoms with Gasteiger partial charge in [0.15, 0.2) is 5.72 Å². The molecule has 3 nitrogen and oxygen atoms in total. The summed E-state index contributed by atoms with van der Waals surface area (Å²) in [4.78, 5) is 0. The average molecular weight is 210 g/mol. The van der Waals surface area contributed by atoms with E-state index in [1.165, 1.54) is 0 Å². The van der Waals surface area contributed by atoms with Gasteiger partial charge in [0.2, 0.25) is 0 Å². The molecule has 1 heterocycles. The van der Waals surface area contributed by atoms with Crippen LogP contribution in [-0.2, 0) is 4.74 Å². The van der Waals surface area contributed by atoms with Crippen molar-refractivity contribution in [3.8, 4) is 0 Å². The van der Waals surface area contributed by atoms with E-state index in [4.69, 9.17) is 4.74 Å². The number of methoxy groups -OCH3 is 1. The first kappa shape index (κ1) is 12.1. The second kappa shape index (κ2) is 3.89. The van der Waals surface area contributed by atoms with Gasteiger partial charge in [0, 0.05) is 19.5 Å². The van der Waals surface area contributed by atoms with Gasteiger partial charge in [-0.2, -0.15) is 0 Å². The molecule has 1 rings (SSSR count). The summed E-state index contributed by atoms with van der Waals surface area (Å²) >= 11 is 0. The fourth-order valence-electron chi connectivity index (χ4n) is 1.49. The fraction of sp³-hybridized carbons (Fsp3) is 0.667. The fourth-order valence-corrected chi connectivity index (χ4v) is 1.49. The van der Waals surface area contributed by atoms with Crippen molar-refractivity contribution in [1.29, 1.82) is 0 Å². The Bertz CT molecular complexity index is 274. The standard InChI is InChI=1S/C12H22N2O/c1-11(2,3)13-9-7-8-10-14(13)12(4,5)15-6/h7-10H,1-6H3. The lowest BCUT2D eigenvalue weighted by Crippen LogP contribution is -2.57. The Labute approximate surface area is 93.0 Å². The van der Waals surface area contributed by atoms with Crippen LogP contribution in [0.1, 0.15) is 34.6 Å². The Morgan fingerprint density at radius 1 is 0.867 bits per heavy atom. The van der Waals surface area contributed by atoms with Crippen LogP contribution in [-0.4, -0.2) is 28.4 Å². The van der Waals surface area contributed by atoms with E-state index in [2.05, 4.69) is 50.8 Å². The predicted molar refractivity (Wildman–Crippen MR) is 62.8 cm³/mol. The van der Waals surface area contributed by atoms with E-state index in [9.17, 15) is 0 Å². The van der Waals surface area contributed by atoms with Crippen molar-refractivity contribution < 1.29 is 4.74 Å². The Balaban J connectivity index is 2.96. The smallest absolute Gasteiger partial charge is 0.152 e. The van der Waals surface area contributed by atoms with Crippen LogP contribution >= 0.6 is 0 Å². The summed E-state index contributed by atoms with van der Waals surface area (Å²) < 4.78 is 5.50. The highest BCUT2D eigenvalue weighted by Crippen LogP contribution is 2.27. The molecule has 0 saturated carbocycles. The summed E-state index contributed by atoms with van der Waals surface area (Å²) in [7, 11) is 1.73. The molecular formula is C12H22N2O. The van der Waals surface area contributed by atoms with Gasteiger partial charge in [-0.05, 0) is 46.8 Å². The third kappa shape index (κ3) is 2.53. The lowest BCUT2D eigenvalue weighted by atomic mass is 10.1. The van der Waals surface area contributed by atoms with Gasteiger partial charge in [-0.3, -0.25) is 10.0 Å². The summed E-state index contributed by atoms with van der Waals surface area (Å²) in [5, 5.41) is 4.28. The molecule has 0 saturated heterocycles. The average Bonchev–Trinajstić information content (AvgIpc) is 2.16. The monoisotopic (exact) mass is 210 g/mol. The molecule has 0 aromatic rings. The lowest BCUT2D eigenvalue weighted by molar-refractivity contribution is -0.188. The Kier molecular flexibility index (Phi) is 3.14. The first-order chi connectivity index (χ1) is 6.79. The number of hydrazine groups is 1. The summed E-state index contributed by atoms with van der Waals surface area (Å²) in [6.45, 7) is 10.6. The lowest BCUT2D eigenvalue weighted by Gasteiger charge is -2.50. The maximum Gasteiger partial charge on any atom is 0.152 e. The van der Waals surface area contributed by atoms with E-state index in [0.717, 1.165) is 0 Å².